The summed E-state index contributed by atoms with van der Waals surface area (Å²) in [7, 11) is 0. The lowest BCUT2D eigenvalue weighted by atomic mass is 9.80. The van der Waals surface area contributed by atoms with Crippen LogP contribution in [0.15, 0.2) is 206 Å². The van der Waals surface area contributed by atoms with Gasteiger partial charge in [-0.25, -0.2) is 0 Å². The van der Waals surface area contributed by atoms with E-state index in [2.05, 4.69) is 237 Å². The SMILES string of the molecule is CC1(C)c2cc(/C=C/c3cc(C4C=CC=CC4)c4c5ccccc5c5ccccc5c4c3-c3ccccc3)ccc2-c2ccc(N(c3ccccc3)c3ccccc3)cc21. The van der Waals surface area contributed by atoms with Crippen LogP contribution in [0.4, 0.5) is 17.1 Å². The Hall–Kier alpha value is -7.22. The van der Waals surface area contributed by atoms with Gasteiger partial charge in [0.2, 0.25) is 0 Å². The number of hydrogen-bond acceptors (Lipinski definition) is 1. The summed E-state index contributed by atoms with van der Waals surface area (Å²) >= 11 is 0. The molecule has 11 rings (SSSR count). The minimum absolute atomic E-state index is 0.185. The summed E-state index contributed by atoms with van der Waals surface area (Å²) in [6.07, 6.45) is 14.8. The lowest BCUT2D eigenvalue weighted by molar-refractivity contribution is 0.660. The molecule has 9 aromatic rings. The lowest BCUT2D eigenvalue weighted by Gasteiger charge is -2.28. The molecule has 2 aliphatic carbocycles. The highest BCUT2D eigenvalue weighted by atomic mass is 15.1. The van der Waals surface area contributed by atoms with Crippen LogP contribution >= 0.6 is 0 Å². The molecule has 2 aliphatic rings. The summed E-state index contributed by atoms with van der Waals surface area (Å²) in [5.74, 6) is 0.280. The number of benzene rings is 9. The summed E-state index contributed by atoms with van der Waals surface area (Å²) in [6.45, 7) is 4.77. The first kappa shape index (κ1) is 35.9. The van der Waals surface area contributed by atoms with E-state index >= 15 is 0 Å². The van der Waals surface area contributed by atoms with E-state index in [1.165, 1.54) is 82.4 Å². The molecule has 286 valence electrons. The van der Waals surface area contributed by atoms with Gasteiger partial charge in [0.25, 0.3) is 0 Å². The topological polar surface area (TPSA) is 3.24 Å². The van der Waals surface area contributed by atoms with Crippen molar-refractivity contribution in [2.24, 2.45) is 0 Å². The Bertz CT molecular complexity index is 3150. The molecule has 0 radical (unpaired) electrons. The van der Waals surface area contributed by atoms with Gasteiger partial charge in [-0.2, -0.15) is 0 Å². The maximum absolute atomic E-state index is 2.50. The highest BCUT2D eigenvalue weighted by Gasteiger charge is 2.36. The number of allylic oxidation sites excluding steroid dienone is 4. The largest absolute Gasteiger partial charge is 0.310 e. The molecule has 0 spiro atoms. The van der Waals surface area contributed by atoms with Gasteiger partial charge in [0.05, 0.1) is 0 Å². The average molecular weight is 768 g/mol. The molecular weight excluding hydrogens is 723 g/mol. The zero-order valence-electron chi connectivity index (χ0n) is 34.0. The number of fused-ring (bicyclic) bond motifs is 9. The Balaban J connectivity index is 1.07. The summed E-state index contributed by atoms with van der Waals surface area (Å²) in [4.78, 5) is 2.36. The van der Waals surface area contributed by atoms with Crippen LogP contribution in [0.5, 0.6) is 0 Å². The molecule has 9 aromatic carbocycles. The highest BCUT2D eigenvalue weighted by Crippen LogP contribution is 2.52. The quantitative estimate of drug-likeness (QED) is 0.115. The highest BCUT2D eigenvalue weighted by molar-refractivity contribution is 6.30. The first-order valence-electron chi connectivity index (χ1n) is 21.2. The van der Waals surface area contributed by atoms with E-state index in [0.717, 1.165) is 23.5 Å². The van der Waals surface area contributed by atoms with Crippen LogP contribution in [0.25, 0.3) is 66.7 Å². The van der Waals surface area contributed by atoms with Gasteiger partial charge >= 0.3 is 0 Å². The number of nitrogens with zero attached hydrogens (tertiary/aromatic N) is 1. The molecule has 1 heteroatoms. The standard InChI is InChI=1S/C59H45N/c1-59(2)54-37-40(32-35-49(54)50-36-34-46(39-55(50)59)60(44-23-11-5-12-24-44)45-25-13-6-14-26-45)31-33-43-38-53(41-19-7-3-8-20-41)57-51-29-17-15-27-47(51)48-28-16-18-30-52(48)58(57)56(43)42-21-9-4-10-22-42/h3-19,21-39,41H,20H2,1-2H3/b33-31+. The molecule has 1 unspecified atom stereocenters. The number of para-hydroxylation sites is 2. The van der Waals surface area contributed by atoms with Crippen molar-refractivity contribution in [2.45, 2.75) is 31.6 Å². The van der Waals surface area contributed by atoms with Crippen LogP contribution in [0, 0.1) is 0 Å². The maximum atomic E-state index is 2.50. The molecule has 0 fully saturated rings. The van der Waals surface area contributed by atoms with Crippen molar-refractivity contribution in [1.82, 2.24) is 0 Å². The number of rotatable bonds is 7. The van der Waals surface area contributed by atoms with Crippen molar-refractivity contribution in [2.75, 3.05) is 4.90 Å². The van der Waals surface area contributed by atoms with Gasteiger partial charge in [0, 0.05) is 28.4 Å². The number of anilines is 3. The van der Waals surface area contributed by atoms with Crippen LogP contribution in [0.2, 0.25) is 0 Å². The van der Waals surface area contributed by atoms with Gasteiger partial charge in [-0.05, 0) is 131 Å². The summed E-state index contributed by atoms with van der Waals surface area (Å²) in [5.41, 5.74) is 15.0. The van der Waals surface area contributed by atoms with Gasteiger partial charge in [0.15, 0.2) is 0 Å². The summed E-state index contributed by atoms with van der Waals surface area (Å²) in [5, 5.41) is 7.91. The zero-order valence-corrected chi connectivity index (χ0v) is 34.0. The molecule has 0 saturated carbocycles. The third-order valence-corrected chi connectivity index (χ3v) is 12.9. The molecule has 1 nitrogen and oxygen atoms in total. The summed E-state index contributed by atoms with van der Waals surface area (Å²) in [6, 6.07) is 67.0. The first-order valence-corrected chi connectivity index (χ1v) is 21.2. The minimum Gasteiger partial charge on any atom is -0.310 e. The van der Waals surface area contributed by atoms with Gasteiger partial charge in [-0.15, -0.1) is 0 Å². The molecule has 0 heterocycles. The molecule has 0 aromatic heterocycles. The fraction of sp³-hybridized carbons (Fsp3) is 0.0847. The average Bonchev–Trinajstić information content (AvgIpc) is 3.53. The van der Waals surface area contributed by atoms with E-state index in [0.29, 0.717) is 0 Å². The monoisotopic (exact) mass is 767 g/mol. The Morgan fingerprint density at radius 1 is 0.500 bits per heavy atom. The van der Waals surface area contributed by atoms with Gasteiger partial charge in [0.1, 0.15) is 0 Å². The van der Waals surface area contributed by atoms with Crippen LogP contribution in [-0.2, 0) is 5.41 Å². The van der Waals surface area contributed by atoms with Crippen molar-refractivity contribution in [3.8, 4) is 22.3 Å². The van der Waals surface area contributed by atoms with Crippen molar-refractivity contribution < 1.29 is 0 Å². The van der Waals surface area contributed by atoms with Crippen LogP contribution in [0.1, 0.15) is 54.0 Å². The Morgan fingerprint density at radius 2 is 1.07 bits per heavy atom. The predicted molar refractivity (Wildman–Crippen MR) is 258 cm³/mol. The van der Waals surface area contributed by atoms with Crippen molar-refractivity contribution in [3.05, 3.63) is 234 Å². The molecule has 1 atom stereocenters. The third-order valence-electron chi connectivity index (χ3n) is 12.9. The van der Waals surface area contributed by atoms with Crippen molar-refractivity contribution in [1.29, 1.82) is 0 Å². The lowest BCUT2D eigenvalue weighted by Crippen LogP contribution is -2.16. The van der Waals surface area contributed by atoms with Crippen LogP contribution in [0.3, 0.4) is 0 Å². The van der Waals surface area contributed by atoms with Crippen molar-refractivity contribution in [3.63, 3.8) is 0 Å². The van der Waals surface area contributed by atoms with E-state index < -0.39 is 0 Å². The zero-order chi connectivity index (χ0) is 40.2. The van der Waals surface area contributed by atoms with Crippen molar-refractivity contribution >= 4 is 61.5 Å². The molecular formula is C59H45N. The molecule has 0 aliphatic heterocycles. The van der Waals surface area contributed by atoms with Gasteiger partial charge in [-0.3, -0.25) is 0 Å². The second-order valence-corrected chi connectivity index (χ2v) is 16.8. The Labute approximate surface area is 352 Å². The predicted octanol–water partition coefficient (Wildman–Crippen LogP) is 16.4. The second kappa shape index (κ2) is 14.6. The molecule has 0 saturated heterocycles. The fourth-order valence-electron chi connectivity index (χ4n) is 10.1. The maximum Gasteiger partial charge on any atom is 0.0465 e. The minimum atomic E-state index is -0.185. The number of hydrogen-bond donors (Lipinski definition) is 0. The van der Waals surface area contributed by atoms with E-state index in [-0.39, 0.29) is 11.3 Å². The second-order valence-electron chi connectivity index (χ2n) is 16.8. The van der Waals surface area contributed by atoms with Gasteiger partial charge < -0.3 is 4.90 Å². The molecule has 60 heavy (non-hydrogen) atoms. The Morgan fingerprint density at radius 3 is 1.70 bits per heavy atom. The fourth-order valence-corrected chi connectivity index (χ4v) is 10.1. The molecule has 0 N–H and O–H groups in total. The molecule has 0 amide bonds. The van der Waals surface area contributed by atoms with E-state index in [1.54, 1.807) is 0 Å². The normalized spacial score (nSPS) is 15.2. The van der Waals surface area contributed by atoms with E-state index in [9.17, 15) is 0 Å². The smallest absolute Gasteiger partial charge is 0.0465 e. The summed E-state index contributed by atoms with van der Waals surface area (Å²) < 4.78 is 0. The molecule has 0 bridgehead atoms. The van der Waals surface area contributed by atoms with Crippen LogP contribution < -0.4 is 4.90 Å². The van der Waals surface area contributed by atoms with E-state index in [4.69, 9.17) is 0 Å². The van der Waals surface area contributed by atoms with E-state index in [1.807, 2.05) is 0 Å². The third kappa shape index (κ3) is 5.92. The Kier molecular flexibility index (Phi) is 8.71. The van der Waals surface area contributed by atoms with Crippen LogP contribution in [-0.4, -0.2) is 0 Å². The first-order chi connectivity index (χ1) is 29.5. The van der Waals surface area contributed by atoms with Gasteiger partial charge in [-0.1, -0.05) is 190 Å².